The van der Waals surface area contributed by atoms with Gasteiger partial charge in [-0.3, -0.25) is 4.79 Å². The maximum absolute atomic E-state index is 12.4. The molecule has 1 aromatic heterocycles. The monoisotopic (exact) mass is 336 g/mol. The van der Waals surface area contributed by atoms with Crippen LogP contribution in [0.5, 0.6) is 0 Å². The number of aryl methyl sites for hydroxylation is 1. The molecule has 0 amide bonds. The number of hydrogen-bond donors (Lipinski definition) is 0. The molecule has 2 aromatic rings. The molecule has 0 saturated heterocycles. The lowest BCUT2D eigenvalue weighted by molar-refractivity contribution is 0.104. The average molecular weight is 337 g/mol. The van der Waals surface area contributed by atoms with Crippen molar-refractivity contribution >= 4 is 33.0 Å². The van der Waals surface area contributed by atoms with Gasteiger partial charge in [0.2, 0.25) is 5.78 Å². The van der Waals surface area contributed by atoms with Crippen LogP contribution in [-0.2, 0) is 5.41 Å². The molecule has 1 nitrogen and oxygen atoms in total. The number of rotatable bonds is 2. The summed E-state index contributed by atoms with van der Waals surface area (Å²) < 4.78 is 1.01. The van der Waals surface area contributed by atoms with Gasteiger partial charge >= 0.3 is 0 Å². The van der Waals surface area contributed by atoms with E-state index in [0.29, 0.717) is 0 Å². The largest absolute Gasteiger partial charge is 0.288 e. The van der Waals surface area contributed by atoms with E-state index in [1.807, 2.05) is 37.3 Å². The van der Waals surface area contributed by atoms with Crippen molar-refractivity contribution < 1.29 is 4.79 Å². The smallest absolute Gasteiger partial charge is 0.202 e. The summed E-state index contributed by atoms with van der Waals surface area (Å²) >= 11 is 4.98. The minimum absolute atomic E-state index is 0.0965. The van der Waals surface area contributed by atoms with E-state index in [2.05, 4.69) is 36.7 Å². The van der Waals surface area contributed by atoms with Gasteiger partial charge in [0.05, 0.1) is 4.88 Å². The highest BCUT2D eigenvalue weighted by Crippen LogP contribution is 2.29. The molecule has 1 heterocycles. The Balaban J connectivity index is 2.30. The molecule has 0 bridgehead atoms. The minimum Gasteiger partial charge on any atom is -0.288 e. The number of thiophene rings is 1. The quantitative estimate of drug-likeness (QED) is 0.675. The highest BCUT2D eigenvalue weighted by atomic mass is 79.9. The van der Waals surface area contributed by atoms with E-state index in [1.165, 1.54) is 16.9 Å². The molecule has 0 aliphatic carbocycles. The lowest BCUT2D eigenvalue weighted by Gasteiger charge is -2.18. The summed E-state index contributed by atoms with van der Waals surface area (Å²) in [5.41, 5.74) is 2.11. The van der Waals surface area contributed by atoms with Crippen LogP contribution in [0.15, 0.2) is 34.8 Å². The lowest BCUT2D eigenvalue weighted by Crippen LogP contribution is -2.11. The van der Waals surface area contributed by atoms with Crippen molar-refractivity contribution in [1.82, 2.24) is 0 Å². The van der Waals surface area contributed by atoms with Crippen LogP contribution in [0.4, 0.5) is 0 Å². The summed E-state index contributed by atoms with van der Waals surface area (Å²) in [6.07, 6.45) is 0. The third-order valence-corrected chi connectivity index (χ3v) is 5.23. The Kier molecular flexibility index (Phi) is 3.98. The van der Waals surface area contributed by atoms with E-state index in [-0.39, 0.29) is 11.2 Å². The Morgan fingerprint density at radius 2 is 1.74 bits per heavy atom. The summed E-state index contributed by atoms with van der Waals surface area (Å²) in [5.74, 6) is 0.0965. The van der Waals surface area contributed by atoms with Crippen LogP contribution in [0.2, 0.25) is 0 Å². The van der Waals surface area contributed by atoms with Crippen LogP contribution in [-0.4, -0.2) is 5.78 Å². The summed E-state index contributed by atoms with van der Waals surface area (Å²) in [4.78, 5) is 14.3. The number of ketones is 1. The summed E-state index contributed by atoms with van der Waals surface area (Å²) in [6.45, 7) is 8.52. The van der Waals surface area contributed by atoms with Gasteiger partial charge < -0.3 is 0 Å². The van der Waals surface area contributed by atoms with Gasteiger partial charge in [-0.05, 0) is 39.9 Å². The Morgan fingerprint density at radius 1 is 1.16 bits per heavy atom. The predicted octanol–water partition coefficient (Wildman–Crippen LogP) is 5.35. The maximum atomic E-state index is 12.4. The van der Waals surface area contributed by atoms with E-state index in [0.717, 1.165) is 19.8 Å². The highest BCUT2D eigenvalue weighted by Gasteiger charge is 2.16. The van der Waals surface area contributed by atoms with E-state index in [1.54, 1.807) is 0 Å². The van der Waals surface area contributed by atoms with Crippen LogP contribution in [0, 0.1) is 6.92 Å². The summed E-state index contributed by atoms with van der Waals surface area (Å²) in [7, 11) is 0. The van der Waals surface area contributed by atoms with Gasteiger partial charge in [-0.15, -0.1) is 11.3 Å². The molecule has 19 heavy (non-hydrogen) atoms. The molecule has 0 N–H and O–H groups in total. The Morgan fingerprint density at radius 3 is 2.16 bits per heavy atom. The van der Waals surface area contributed by atoms with Gasteiger partial charge in [0.15, 0.2) is 0 Å². The van der Waals surface area contributed by atoms with Crippen LogP contribution < -0.4 is 0 Å². The first-order chi connectivity index (χ1) is 8.79. The van der Waals surface area contributed by atoms with E-state index in [9.17, 15) is 4.79 Å². The molecule has 0 fully saturated rings. The molecular weight excluding hydrogens is 320 g/mol. The second kappa shape index (κ2) is 5.22. The Labute approximate surface area is 126 Å². The third kappa shape index (κ3) is 3.15. The predicted molar refractivity (Wildman–Crippen MR) is 85.3 cm³/mol. The first kappa shape index (κ1) is 14.5. The normalized spacial score (nSPS) is 11.6. The molecule has 3 heteroatoms. The fourth-order valence-corrected chi connectivity index (χ4v) is 3.33. The minimum atomic E-state index is 0.0965. The summed E-state index contributed by atoms with van der Waals surface area (Å²) in [6, 6.07) is 9.84. The number of carbonyl (C=O) groups excluding carboxylic acids is 1. The molecule has 0 atom stereocenters. The Bertz CT molecular complexity index is 583. The molecule has 1 aromatic carbocycles. The zero-order chi connectivity index (χ0) is 14.2. The van der Waals surface area contributed by atoms with Crippen LogP contribution in [0.1, 0.15) is 46.4 Å². The molecule has 0 aliphatic rings. The average Bonchev–Trinajstić information content (AvgIpc) is 2.68. The molecule has 0 saturated carbocycles. The molecule has 2 rings (SSSR count). The number of hydrogen-bond acceptors (Lipinski definition) is 2. The van der Waals surface area contributed by atoms with Gasteiger partial charge in [-0.25, -0.2) is 0 Å². The Hall–Kier alpha value is -0.930. The van der Waals surface area contributed by atoms with E-state index < -0.39 is 0 Å². The fraction of sp³-hybridized carbons (Fsp3) is 0.312. The first-order valence-electron chi connectivity index (χ1n) is 6.20. The third-order valence-electron chi connectivity index (χ3n) is 3.09. The number of benzene rings is 1. The highest BCUT2D eigenvalue weighted by molar-refractivity contribution is 9.10. The molecular formula is C16H17BrOS. The van der Waals surface area contributed by atoms with Crippen molar-refractivity contribution in [3.05, 3.63) is 55.7 Å². The van der Waals surface area contributed by atoms with Crippen molar-refractivity contribution in [2.75, 3.05) is 0 Å². The SMILES string of the molecule is Cc1sc(C(=O)c2ccc(C(C)(C)C)cc2)cc1Br. The standard InChI is InChI=1S/C16H17BrOS/c1-10-13(17)9-14(19-10)15(18)11-5-7-12(8-6-11)16(2,3)4/h5-9H,1-4H3. The van der Waals surface area contributed by atoms with Crippen molar-refractivity contribution in [2.24, 2.45) is 0 Å². The molecule has 0 radical (unpaired) electrons. The molecule has 0 spiro atoms. The second-order valence-electron chi connectivity index (χ2n) is 5.67. The van der Waals surface area contributed by atoms with Gasteiger partial charge in [0.1, 0.15) is 0 Å². The van der Waals surface area contributed by atoms with Crippen LogP contribution >= 0.6 is 27.3 Å². The van der Waals surface area contributed by atoms with Gasteiger partial charge in [0.25, 0.3) is 0 Å². The van der Waals surface area contributed by atoms with Gasteiger partial charge in [-0.2, -0.15) is 0 Å². The van der Waals surface area contributed by atoms with Gasteiger partial charge in [-0.1, -0.05) is 45.0 Å². The van der Waals surface area contributed by atoms with Crippen LogP contribution in [0.3, 0.4) is 0 Å². The maximum Gasteiger partial charge on any atom is 0.202 e. The molecule has 0 aliphatic heterocycles. The topological polar surface area (TPSA) is 17.1 Å². The van der Waals surface area contributed by atoms with Crippen molar-refractivity contribution in [3.8, 4) is 0 Å². The number of carbonyl (C=O) groups is 1. The number of halogens is 1. The van der Waals surface area contributed by atoms with Crippen LogP contribution in [0.25, 0.3) is 0 Å². The molecule has 0 unspecified atom stereocenters. The zero-order valence-electron chi connectivity index (χ0n) is 11.6. The van der Waals surface area contributed by atoms with Crippen molar-refractivity contribution in [2.45, 2.75) is 33.1 Å². The van der Waals surface area contributed by atoms with Crippen molar-refractivity contribution in [3.63, 3.8) is 0 Å². The summed E-state index contributed by atoms with van der Waals surface area (Å²) in [5, 5.41) is 0. The lowest BCUT2D eigenvalue weighted by atomic mass is 9.86. The van der Waals surface area contributed by atoms with Gasteiger partial charge in [0, 0.05) is 14.9 Å². The van der Waals surface area contributed by atoms with E-state index in [4.69, 9.17) is 0 Å². The first-order valence-corrected chi connectivity index (χ1v) is 7.81. The fourth-order valence-electron chi connectivity index (χ4n) is 1.84. The van der Waals surface area contributed by atoms with E-state index >= 15 is 0 Å². The second-order valence-corrected chi connectivity index (χ2v) is 7.78. The van der Waals surface area contributed by atoms with Crippen molar-refractivity contribution in [1.29, 1.82) is 0 Å². The molecule has 100 valence electrons. The zero-order valence-corrected chi connectivity index (χ0v) is 14.0.